The van der Waals surface area contributed by atoms with Crippen molar-refractivity contribution in [3.63, 3.8) is 0 Å². The molecule has 8 nitrogen and oxygen atoms in total. The van der Waals surface area contributed by atoms with Gasteiger partial charge in [-0.1, -0.05) is 0 Å². The minimum absolute atomic E-state index is 0.0747. The first-order valence-electron chi connectivity index (χ1n) is 10.2. The second kappa shape index (κ2) is 7.46. The molecule has 3 N–H and O–H groups in total. The summed E-state index contributed by atoms with van der Waals surface area (Å²) in [6.45, 7) is 6.14. The zero-order valence-electron chi connectivity index (χ0n) is 17.2. The summed E-state index contributed by atoms with van der Waals surface area (Å²) >= 11 is 0. The average molecular weight is 403 g/mol. The van der Waals surface area contributed by atoms with Crippen LogP contribution in [-0.4, -0.2) is 64.0 Å². The number of carbonyl (C=O) groups is 1. The van der Waals surface area contributed by atoms with Crippen molar-refractivity contribution in [2.24, 2.45) is 0 Å². The fourth-order valence-electron chi connectivity index (χ4n) is 3.90. The maximum atomic E-state index is 11.1. The zero-order chi connectivity index (χ0) is 20.7. The summed E-state index contributed by atoms with van der Waals surface area (Å²) in [4.78, 5) is 32.0. The molecule has 0 atom stereocenters. The van der Waals surface area contributed by atoms with E-state index in [4.69, 9.17) is 4.98 Å². The molecule has 1 saturated heterocycles. The van der Waals surface area contributed by atoms with Gasteiger partial charge in [0.15, 0.2) is 0 Å². The van der Waals surface area contributed by atoms with Gasteiger partial charge in [0.25, 0.3) is 0 Å². The molecule has 0 spiro atoms. The summed E-state index contributed by atoms with van der Waals surface area (Å²) in [5.41, 5.74) is 6.02. The predicted molar refractivity (Wildman–Crippen MR) is 118 cm³/mol. The number of fused-ring (bicyclic) bond motifs is 2. The van der Waals surface area contributed by atoms with Gasteiger partial charge >= 0.3 is 0 Å². The van der Waals surface area contributed by atoms with Crippen molar-refractivity contribution in [1.29, 1.82) is 0 Å². The van der Waals surface area contributed by atoms with Crippen LogP contribution in [0.25, 0.3) is 33.5 Å². The Morgan fingerprint density at radius 2 is 1.73 bits per heavy atom. The van der Waals surface area contributed by atoms with Gasteiger partial charge in [-0.3, -0.25) is 4.79 Å². The molecule has 1 aliphatic rings. The molecule has 4 aromatic rings. The number of amides is 1. The fraction of sp³-hybridized carbons (Fsp3) is 0.318. The van der Waals surface area contributed by atoms with Crippen LogP contribution >= 0.6 is 0 Å². The molecule has 3 heterocycles. The lowest BCUT2D eigenvalue weighted by atomic mass is 10.2. The Bertz CT molecular complexity index is 1220. The highest BCUT2D eigenvalue weighted by Crippen LogP contribution is 2.27. The summed E-state index contributed by atoms with van der Waals surface area (Å²) in [7, 11) is 2.17. The van der Waals surface area contributed by atoms with Crippen LogP contribution in [0.3, 0.4) is 0 Å². The van der Waals surface area contributed by atoms with Gasteiger partial charge in [0.1, 0.15) is 11.6 Å². The van der Waals surface area contributed by atoms with Gasteiger partial charge in [-0.05, 0) is 43.4 Å². The largest absolute Gasteiger partial charge is 0.369 e. The minimum Gasteiger partial charge on any atom is -0.369 e. The van der Waals surface area contributed by atoms with Crippen molar-refractivity contribution < 1.29 is 4.79 Å². The van der Waals surface area contributed by atoms with Crippen molar-refractivity contribution in [2.75, 3.05) is 38.1 Å². The van der Waals surface area contributed by atoms with Gasteiger partial charge in [0.2, 0.25) is 5.91 Å². The molecule has 0 radical (unpaired) electrons. The van der Waals surface area contributed by atoms with E-state index < -0.39 is 0 Å². The predicted octanol–water partition coefficient (Wildman–Crippen LogP) is 2.49. The molecule has 154 valence electrons. The lowest BCUT2D eigenvalue weighted by molar-refractivity contribution is -0.119. The second-order valence-corrected chi connectivity index (χ2v) is 7.90. The third kappa shape index (κ3) is 3.61. The number of likely N-dealkylation sites (N-methyl/N-ethyl adjacent to an activating group) is 1. The van der Waals surface area contributed by atoms with Crippen molar-refractivity contribution >= 4 is 33.7 Å². The third-order valence-corrected chi connectivity index (χ3v) is 5.64. The molecule has 2 aromatic carbocycles. The van der Waals surface area contributed by atoms with Crippen molar-refractivity contribution in [3.8, 4) is 11.4 Å². The fourth-order valence-corrected chi connectivity index (χ4v) is 3.90. The molecular formula is C22H25N7O. The monoisotopic (exact) mass is 403 g/mol. The maximum Gasteiger partial charge on any atom is 0.217 e. The first-order chi connectivity index (χ1) is 14.5. The molecule has 30 heavy (non-hydrogen) atoms. The number of benzene rings is 2. The number of hydrogen-bond donors (Lipinski definition) is 3. The van der Waals surface area contributed by atoms with Gasteiger partial charge in [0, 0.05) is 44.4 Å². The summed E-state index contributed by atoms with van der Waals surface area (Å²) in [6, 6.07) is 12.5. The van der Waals surface area contributed by atoms with Gasteiger partial charge in [-0.15, -0.1) is 0 Å². The Balaban J connectivity index is 1.42. The highest BCUT2D eigenvalue weighted by atomic mass is 16.1. The van der Waals surface area contributed by atoms with E-state index in [0.717, 1.165) is 65.5 Å². The van der Waals surface area contributed by atoms with Crippen molar-refractivity contribution in [3.05, 3.63) is 42.2 Å². The standard InChI is InChI=1S/C22H25N7O/c1-14(30)23-13-21-24-17-5-3-15(11-19(17)25-21)22-26-18-6-4-16(12-20(18)27-22)29-9-7-28(2)8-10-29/h3-6,11-12H,7-10,13H2,1-2H3,(H,23,30)(H,24,25)(H,26,27). The topological polar surface area (TPSA) is 92.9 Å². The number of aromatic amines is 2. The van der Waals surface area contributed by atoms with Gasteiger partial charge in [-0.25, -0.2) is 9.97 Å². The number of aromatic nitrogens is 4. The number of nitrogens with one attached hydrogen (secondary N) is 3. The molecule has 5 rings (SSSR count). The van der Waals surface area contributed by atoms with Gasteiger partial charge in [0.05, 0.1) is 28.6 Å². The van der Waals surface area contributed by atoms with E-state index in [2.05, 4.69) is 55.3 Å². The van der Waals surface area contributed by atoms with Crippen LogP contribution in [0.1, 0.15) is 12.7 Å². The Kier molecular flexibility index (Phi) is 4.63. The molecule has 0 unspecified atom stereocenters. The van der Waals surface area contributed by atoms with E-state index >= 15 is 0 Å². The van der Waals surface area contributed by atoms with Crippen molar-refractivity contribution in [2.45, 2.75) is 13.5 Å². The van der Waals surface area contributed by atoms with Crippen LogP contribution in [0, 0.1) is 0 Å². The molecular weight excluding hydrogens is 378 g/mol. The molecule has 0 aliphatic carbocycles. The summed E-state index contributed by atoms with van der Waals surface area (Å²) in [5.74, 6) is 1.49. The number of imidazole rings is 2. The Morgan fingerprint density at radius 3 is 2.53 bits per heavy atom. The summed E-state index contributed by atoms with van der Waals surface area (Å²) < 4.78 is 0. The quantitative estimate of drug-likeness (QED) is 0.487. The van der Waals surface area contributed by atoms with Gasteiger partial charge in [-0.2, -0.15) is 0 Å². The summed E-state index contributed by atoms with van der Waals surface area (Å²) in [6.07, 6.45) is 0. The average Bonchev–Trinajstić information content (AvgIpc) is 3.35. The molecule has 8 heteroatoms. The van der Waals surface area contributed by atoms with E-state index in [0.29, 0.717) is 6.54 Å². The third-order valence-electron chi connectivity index (χ3n) is 5.64. The second-order valence-electron chi connectivity index (χ2n) is 7.90. The van der Waals surface area contributed by atoms with Crippen LogP contribution in [0.5, 0.6) is 0 Å². The van der Waals surface area contributed by atoms with Crippen LogP contribution < -0.4 is 10.2 Å². The molecule has 0 bridgehead atoms. The lowest BCUT2D eigenvalue weighted by Gasteiger charge is -2.34. The number of rotatable bonds is 4. The van der Waals surface area contributed by atoms with E-state index in [-0.39, 0.29) is 5.91 Å². The van der Waals surface area contributed by atoms with E-state index in [1.807, 2.05) is 18.2 Å². The van der Waals surface area contributed by atoms with E-state index in [1.165, 1.54) is 12.6 Å². The van der Waals surface area contributed by atoms with Gasteiger partial charge < -0.3 is 25.1 Å². The first-order valence-corrected chi connectivity index (χ1v) is 10.2. The SMILES string of the molecule is CC(=O)NCc1nc2ccc(-c3nc4ccc(N5CCN(C)CC5)cc4[nH]3)cc2[nH]1. The highest BCUT2D eigenvalue weighted by Gasteiger charge is 2.15. The Hall–Kier alpha value is -3.39. The number of carbonyl (C=O) groups excluding carboxylic acids is 1. The maximum absolute atomic E-state index is 11.1. The Labute approximate surface area is 174 Å². The molecule has 2 aromatic heterocycles. The van der Waals surface area contributed by atoms with Crippen LogP contribution in [-0.2, 0) is 11.3 Å². The number of hydrogen-bond acceptors (Lipinski definition) is 5. The minimum atomic E-state index is -0.0747. The molecule has 1 aliphatic heterocycles. The van der Waals surface area contributed by atoms with Crippen LogP contribution in [0.15, 0.2) is 36.4 Å². The van der Waals surface area contributed by atoms with E-state index in [9.17, 15) is 4.79 Å². The normalized spacial score (nSPS) is 15.2. The molecule has 1 fully saturated rings. The summed E-state index contributed by atoms with van der Waals surface area (Å²) in [5, 5.41) is 2.76. The van der Waals surface area contributed by atoms with Crippen molar-refractivity contribution in [1.82, 2.24) is 30.2 Å². The van der Waals surface area contributed by atoms with Crippen LogP contribution in [0.4, 0.5) is 5.69 Å². The number of nitrogens with zero attached hydrogens (tertiary/aromatic N) is 4. The number of anilines is 1. The van der Waals surface area contributed by atoms with E-state index in [1.54, 1.807) is 0 Å². The first kappa shape index (κ1) is 18.6. The number of H-pyrrole nitrogens is 2. The van der Waals surface area contributed by atoms with Crippen LogP contribution in [0.2, 0.25) is 0 Å². The molecule has 1 amide bonds. The zero-order valence-corrected chi connectivity index (χ0v) is 17.2. The molecule has 0 saturated carbocycles. The number of piperazine rings is 1. The lowest BCUT2D eigenvalue weighted by Crippen LogP contribution is -2.44. The highest BCUT2D eigenvalue weighted by molar-refractivity contribution is 5.85. The Morgan fingerprint density at radius 1 is 1.00 bits per heavy atom. The smallest absolute Gasteiger partial charge is 0.217 e.